The first kappa shape index (κ1) is 16.7. The minimum atomic E-state index is -1.24. The van der Waals surface area contributed by atoms with Crippen LogP contribution in [0.25, 0.3) is 12.2 Å². The number of ether oxygens (including phenoxy) is 1. The Morgan fingerprint density at radius 2 is 1.92 bits per heavy atom. The molecule has 1 unspecified atom stereocenters. The number of methoxy groups -OCH3 is 1. The van der Waals surface area contributed by atoms with Gasteiger partial charge in [-0.25, -0.2) is 8.60 Å². The van der Waals surface area contributed by atoms with Crippen molar-refractivity contribution in [1.82, 2.24) is 0 Å². The maximum atomic E-state index is 14.2. The fraction of sp³-hybridized carbons (Fsp3) is 0.263. The topological polar surface area (TPSA) is 38.3 Å². The Morgan fingerprint density at radius 1 is 1.21 bits per heavy atom. The van der Waals surface area contributed by atoms with Gasteiger partial charge >= 0.3 is 0 Å². The molecule has 1 N–H and O–H groups in total. The quantitative estimate of drug-likeness (QED) is 0.780. The average Bonchev–Trinajstić information content (AvgIpc) is 3.41. The number of nitrogens with one attached hydrogen (secondary N) is 1. The van der Waals surface area contributed by atoms with E-state index in [-0.39, 0.29) is 10.9 Å². The van der Waals surface area contributed by atoms with Crippen LogP contribution in [0.5, 0.6) is 5.75 Å². The van der Waals surface area contributed by atoms with E-state index >= 15 is 0 Å². The molecule has 0 aliphatic heterocycles. The number of anilines is 1. The van der Waals surface area contributed by atoms with Crippen molar-refractivity contribution in [1.29, 1.82) is 0 Å². The van der Waals surface area contributed by atoms with Gasteiger partial charge in [-0.3, -0.25) is 0 Å². The molecular formula is C19H20FNO2S. The Balaban J connectivity index is 1.86. The lowest BCUT2D eigenvalue weighted by molar-refractivity contribution is 0.410. The fourth-order valence-corrected chi connectivity index (χ4v) is 3.40. The second-order valence-corrected chi connectivity index (χ2v) is 7.38. The lowest BCUT2D eigenvalue weighted by Gasteiger charge is -2.11. The van der Waals surface area contributed by atoms with Gasteiger partial charge in [-0.05, 0) is 31.4 Å². The summed E-state index contributed by atoms with van der Waals surface area (Å²) < 4.78 is 34.2. The Labute approximate surface area is 144 Å². The number of aryl methyl sites for hydroxylation is 1. The molecule has 0 aromatic heterocycles. The van der Waals surface area contributed by atoms with E-state index in [1.807, 2.05) is 43.3 Å². The molecule has 1 atom stereocenters. The third kappa shape index (κ3) is 4.03. The zero-order chi connectivity index (χ0) is 17.1. The molecule has 0 bridgehead atoms. The van der Waals surface area contributed by atoms with Crippen molar-refractivity contribution in [2.75, 3.05) is 11.8 Å². The molecule has 2 aromatic rings. The molecule has 5 heteroatoms. The van der Waals surface area contributed by atoms with E-state index in [4.69, 9.17) is 4.74 Å². The van der Waals surface area contributed by atoms with Crippen molar-refractivity contribution in [3.05, 3.63) is 58.9 Å². The molecule has 1 saturated carbocycles. The zero-order valence-electron chi connectivity index (χ0n) is 13.7. The van der Waals surface area contributed by atoms with E-state index in [1.165, 1.54) is 18.7 Å². The van der Waals surface area contributed by atoms with Crippen LogP contribution in [0.15, 0.2) is 36.4 Å². The van der Waals surface area contributed by atoms with Gasteiger partial charge in [0.1, 0.15) is 16.7 Å². The summed E-state index contributed by atoms with van der Waals surface area (Å²) in [6.45, 7) is 2.04. The smallest absolute Gasteiger partial charge is 0.150 e. The lowest BCUT2D eigenvalue weighted by atomic mass is 10.1. The van der Waals surface area contributed by atoms with Crippen LogP contribution >= 0.6 is 0 Å². The average molecular weight is 345 g/mol. The van der Waals surface area contributed by atoms with Gasteiger partial charge < -0.3 is 9.46 Å². The van der Waals surface area contributed by atoms with Crippen LogP contribution in [0, 0.1) is 12.7 Å². The van der Waals surface area contributed by atoms with Gasteiger partial charge in [0.05, 0.1) is 18.0 Å². The van der Waals surface area contributed by atoms with Crippen LogP contribution in [0.1, 0.15) is 29.5 Å². The van der Waals surface area contributed by atoms with Gasteiger partial charge in [-0.1, -0.05) is 42.0 Å². The van der Waals surface area contributed by atoms with E-state index < -0.39 is 16.8 Å². The van der Waals surface area contributed by atoms with Crippen LogP contribution < -0.4 is 9.46 Å². The van der Waals surface area contributed by atoms with Crippen molar-refractivity contribution in [3.63, 3.8) is 0 Å². The van der Waals surface area contributed by atoms with Crippen molar-refractivity contribution >= 4 is 28.8 Å². The molecule has 1 aliphatic rings. The van der Waals surface area contributed by atoms with E-state index in [0.29, 0.717) is 5.75 Å². The van der Waals surface area contributed by atoms with Crippen LogP contribution in [0.4, 0.5) is 10.1 Å². The van der Waals surface area contributed by atoms with Crippen LogP contribution in [0.2, 0.25) is 0 Å². The summed E-state index contributed by atoms with van der Waals surface area (Å²) in [5, 5.41) is 0.137. The third-order valence-electron chi connectivity index (χ3n) is 3.89. The van der Waals surface area contributed by atoms with Gasteiger partial charge in [0.15, 0.2) is 5.82 Å². The lowest BCUT2D eigenvalue weighted by Crippen LogP contribution is -2.10. The molecule has 0 radical (unpaired) electrons. The van der Waals surface area contributed by atoms with E-state index in [2.05, 4.69) is 4.72 Å². The first-order valence-corrected chi connectivity index (χ1v) is 9.07. The Hall–Kier alpha value is -2.14. The summed E-state index contributed by atoms with van der Waals surface area (Å²) in [6, 6.07) is 11.1. The molecule has 0 saturated heterocycles. The molecule has 0 heterocycles. The van der Waals surface area contributed by atoms with E-state index in [1.54, 1.807) is 6.07 Å². The first-order chi connectivity index (χ1) is 11.6. The van der Waals surface area contributed by atoms with Gasteiger partial charge in [-0.2, -0.15) is 0 Å². The van der Waals surface area contributed by atoms with Crippen molar-refractivity contribution in [3.8, 4) is 5.75 Å². The fourth-order valence-electron chi connectivity index (χ4n) is 2.29. The standard InChI is InChI=1S/C19H20FNO2S/c1-13-3-5-14(6-4-13)7-8-15-11-18(17(20)12-19(15)23-2)21-24(22)16-9-10-16/h3-8,11-12,16,21H,9-10H2,1-2H3/b8-7+. The molecule has 1 aliphatic carbocycles. The Morgan fingerprint density at radius 3 is 2.54 bits per heavy atom. The molecule has 3 rings (SSSR count). The third-order valence-corrected chi connectivity index (χ3v) is 5.39. The summed E-state index contributed by atoms with van der Waals surface area (Å²) in [5.41, 5.74) is 3.21. The second-order valence-electron chi connectivity index (χ2n) is 5.92. The molecule has 2 aromatic carbocycles. The first-order valence-electron chi connectivity index (χ1n) is 7.86. The maximum Gasteiger partial charge on any atom is 0.150 e. The Kier molecular flexibility index (Phi) is 5.00. The van der Waals surface area contributed by atoms with Crippen LogP contribution in [0.3, 0.4) is 0 Å². The molecule has 24 heavy (non-hydrogen) atoms. The normalized spacial score (nSPS) is 15.5. The van der Waals surface area contributed by atoms with Crippen LogP contribution in [-0.2, 0) is 11.0 Å². The minimum Gasteiger partial charge on any atom is -0.496 e. The SMILES string of the molecule is COc1cc(F)c(NS(=O)C2CC2)cc1/C=C/c1ccc(C)cc1. The number of benzene rings is 2. The molecule has 126 valence electrons. The van der Waals surface area contributed by atoms with Crippen LogP contribution in [-0.4, -0.2) is 16.6 Å². The molecular weight excluding hydrogens is 325 g/mol. The summed E-state index contributed by atoms with van der Waals surface area (Å²) in [7, 11) is 0.271. The highest BCUT2D eigenvalue weighted by atomic mass is 32.2. The maximum absolute atomic E-state index is 14.2. The van der Waals surface area contributed by atoms with Crippen molar-refractivity contribution in [2.24, 2.45) is 0 Å². The number of halogens is 1. The number of hydrogen-bond acceptors (Lipinski definition) is 2. The van der Waals surface area contributed by atoms with E-state index in [0.717, 1.165) is 24.0 Å². The predicted octanol–water partition coefficient (Wildman–Crippen LogP) is 4.55. The highest BCUT2D eigenvalue weighted by molar-refractivity contribution is 7.87. The van der Waals surface area contributed by atoms with Gasteiger partial charge in [-0.15, -0.1) is 0 Å². The van der Waals surface area contributed by atoms with Crippen molar-refractivity contribution in [2.45, 2.75) is 25.0 Å². The monoisotopic (exact) mass is 345 g/mol. The highest BCUT2D eigenvalue weighted by Crippen LogP contribution is 2.31. The molecule has 0 amide bonds. The molecule has 1 fully saturated rings. The number of rotatable bonds is 6. The molecule has 0 spiro atoms. The Bertz CT molecular complexity index is 783. The summed E-state index contributed by atoms with van der Waals surface area (Å²) >= 11 is 0. The summed E-state index contributed by atoms with van der Waals surface area (Å²) in [6.07, 6.45) is 5.67. The van der Waals surface area contributed by atoms with Gasteiger partial charge in [0, 0.05) is 11.6 Å². The minimum absolute atomic E-state index is 0.137. The van der Waals surface area contributed by atoms with Gasteiger partial charge in [0.2, 0.25) is 0 Å². The van der Waals surface area contributed by atoms with E-state index in [9.17, 15) is 8.60 Å². The largest absolute Gasteiger partial charge is 0.496 e. The predicted molar refractivity (Wildman–Crippen MR) is 97.8 cm³/mol. The second kappa shape index (κ2) is 7.18. The summed E-state index contributed by atoms with van der Waals surface area (Å²) in [4.78, 5) is 0. The highest BCUT2D eigenvalue weighted by Gasteiger charge is 2.29. The van der Waals surface area contributed by atoms with Crippen molar-refractivity contribution < 1.29 is 13.3 Å². The number of hydrogen-bond donors (Lipinski definition) is 1. The molecule has 3 nitrogen and oxygen atoms in total. The zero-order valence-corrected chi connectivity index (χ0v) is 14.5. The van der Waals surface area contributed by atoms with Gasteiger partial charge in [0.25, 0.3) is 0 Å². The summed E-state index contributed by atoms with van der Waals surface area (Å²) in [5.74, 6) is -0.0213.